The molecular weight excluding hydrogens is 264 g/mol. The molecule has 3 nitrogen and oxygen atoms in total. The van der Waals surface area contributed by atoms with Gasteiger partial charge in [-0.05, 0) is 37.0 Å². The molecule has 0 unspecified atom stereocenters. The van der Waals surface area contributed by atoms with Gasteiger partial charge in [0, 0.05) is 12.7 Å². The molecule has 1 N–H and O–H groups in total. The number of allylic oxidation sites excluding steroid dienone is 1. The Balaban J connectivity index is 2.26. The van der Waals surface area contributed by atoms with Gasteiger partial charge < -0.3 is 14.6 Å². The third-order valence-corrected chi connectivity index (χ3v) is 3.46. The van der Waals surface area contributed by atoms with Crippen LogP contribution in [0.3, 0.4) is 0 Å². The Morgan fingerprint density at radius 1 is 0.857 bits per heavy atom. The molecule has 0 aliphatic heterocycles. The zero-order chi connectivity index (χ0) is 15.3. The van der Waals surface area contributed by atoms with E-state index in [0.717, 1.165) is 36.3 Å². The quantitative estimate of drug-likeness (QED) is 0.613. The maximum absolute atomic E-state index is 8.69. The standard InChI is InChI=1S/C18H28O3/c1-20-17-13-16(14-18(15-17)21-2)11-9-7-5-3-4-6-8-10-12-19/h9,11,13-15,19H,3-8,10,12H2,1-2H3/b11-9+. The molecule has 0 bridgehead atoms. The van der Waals surface area contributed by atoms with E-state index in [1.807, 2.05) is 18.2 Å². The van der Waals surface area contributed by atoms with Gasteiger partial charge in [-0.1, -0.05) is 37.8 Å². The number of hydrogen-bond donors (Lipinski definition) is 1. The second-order valence-electron chi connectivity index (χ2n) is 5.18. The first-order valence-corrected chi connectivity index (χ1v) is 7.80. The number of unbranched alkanes of at least 4 members (excludes halogenated alkanes) is 6. The molecule has 0 aromatic heterocycles. The van der Waals surface area contributed by atoms with Crippen LogP contribution in [-0.2, 0) is 0 Å². The van der Waals surface area contributed by atoms with Crippen LogP contribution in [0.15, 0.2) is 24.3 Å². The highest BCUT2D eigenvalue weighted by Crippen LogP contribution is 2.23. The summed E-state index contributed by atoms with van der Waals surface area (Å²) in [5.41, 5.74) is 1.11. The Hall–Kier alpha value is -1.48. The lowest BCUT2D eigenvalue weighted by Crippen LogP contribution is -1.88. The van der Waals surface area contributed by atoms with E-state index in [1.54, 1.807) is 14.2 Å². The second kappa shape index (κ2) is 11.2. The van der Waals surface area contributed by atoms with Crippen molar-refractivity contribution in [1.29, 1.82) is 0 Å². The Labute approximate surface area is 128 Å². The molecule has 0 atom stereocenters. The minimum atomic E-state index is 0.326. The Morgan fingerprint density at radius 3 is 2.00 bits per heavy atom. The molecule has 0 heterocycles. The minimum absolute atomic E-state index is 0.326. The molecule has 118 valence electrons. The molecule has 0 aliphatic carbocycles. The van der Waals surface area contributed by atoms with Gasteiger partial charge >= 0.3 is 0 Å². The fourth-order valence-corrected chi connectivity index (χ4v) is 2.23. The monoisotopic (exact) mass is 292 g/mol. The zero-order valence-electron chi connectivity index (χ0n) is 13.3. The number of aliphatic hydroxyl groups excluding tert-OH is 1. The van der Waals surface area contributed by atoms with Gasteiger partial charge in [0.2, 0.25) is 0 Å². The summed E-state index contributed by atoms with van der Waals surface area (Å²) in [5.74, 6) is 1.63. The predicted molar refractivity (Wildman–Crippen MR) is 88.0 cm³/mol. The lowest BCUT2D eigenvalue weighted by molar-refractivity contribution is 0.282. The van der Waals surface area contributed by atoms with E-state index >= 15 is 0 Å². The molecule has 0 amide bonds. The van der Waals surface area contributed by atoms with E-state index in [4.69, 9.17) is 14.6 Å². The number of aliphatic hydroxyl groups is 1. The van der Waals surface area contributed by atoms with Crippen LogP contribution >= 0.6 is 0 Å². The number of rotatable bonds is 11. The van der Waals surface area contributed by atoms with Crippen LogP contribution in [0, 0.1) is 0 Å². The molecule has 0 fully saturated rings. The van der Waals surface area contributed by atoms with Crippen molar-refractivity contribution in [3.05, 3.63) is 29.8 Å². The van der Waals surface area contributed by atoms with Gasteiger partial charge in [0.15, 0.2) is 0 Å². The first-order chi connectivity index (χ1) is 10.3. The fraction of sp³-hybridized carbons (Fsp3) is 0.556. The average molecular weight is 292 g/mol. The summed E-state index contributed by atoms with van der Waals surface area (Å²) >= 11 is 0. The highest BCUT2D eigenvalue weighted by molar-refractivity contribution is 5.55. The van der Waals surface area contributed by atoms with Gasteiger partial charge in [-0.25, -0.2) is 0 Å². The highest BCUT2D eigenvalue weighted by Gasteiger charge is 1.99. The molecule has 0 radical (unpaired) electrons. The lowest BCUT2D eigenvalue weighted by atomic mass is 10.1. The molecule has 1 rings (SSSR count). The molecule has 1 aromatic carbocycles. The smallest absolute Gasteiger partial charge is 0.123 e. The van der Waals surface area contributed by atoms with Crippen molar-refractivity contribution in [2.75, 3.05) is 20.8 Å². The van der Waals surface area contributed by atoms with E-state index in [-0.39, 0.29) is 0 Å². The van der Waals surface area contributed by atoms with E-state index < -0.39 is 0 Å². The number of benzene rings is 1. The third kappa shape index (κ3) is 7.76. The van der Waals surface area contributed by atoms with Crippen molar-refractivity contribution in [1.82, 2.24) is 0 Å². The van der Waals surface area contributed by atoms with Crippen LogP contribution in [-0.4, -0.2) is 25.9 Å². The largest absolute Gasteiger partial charge is 0.497 e. The third-order valence-electron chi connectivity index (χ3n) is 3.46. The predicted octanol–water partition coefficient (Wildman–Crippen LogP) is 4.44. The summed E-state index contributed by atoms with van der Waals surface area (Å²) in [4.78, 5) is 0. The zero-order valence-corrected chi connectivity index (χ0v) is 13.3. The van der Waals surface area contributed by atoms with Crippen molar-refractivity contribution in [3.8, 4) is 11.5 Å². The van der Waals surface area contributed by atoms with E-state index in [2.05, 4.69) is 12.2 Å². The van der Waals surface area contributed by atoms with Gasteiger partial charge in [0.05, 0.1) is 14.2 Å². The first kappa shape index (κ1) is 17.6. The van der Waals surface area contributed by atoms with Gasteiger partial charge in [-0.15, -0.1) is 0 Å². The van der Waals surface area contributed by atoms with Crippen LogP contribution in [0.2, 0.25) is 0 Å². The topological polar surface area (TPSA) is 38.7 Å². The molecule has 3 heteroatoms. The summed E-state index contributed by atoms with van der Waals surface area (Å²) in [7, 11) is 3.33. The molecule has 0 aliphatic rings. The van der Waals surface area contributed by atoms with Crippen molar-refractivity contribution < 1.29 is 14.6 Å². The van der Waals surface area contributed by atoms with Crippen molar-refractivity contribution in [2.24, 2.45) is 0 Å². The van der Waals surface area contributed by atoms with Gasteiger partial charge in [0.1, 0.15) is 11.5 Å². The van der Waals surface area contributed by atoms with Crippen LogP contribution < -0.4 is 9.47 Å². The molecule has 0 spiro atoms. The van der Waals surface area contributed by atoms with Gasteiger partial charge in [-0.3, -0.25) is 0 Å². The molecule has 0 saturated heterocycles. The Morgan fingerprint density at radius 2 is 1.43 bits per heavy atom. The van der Waals surface area contributed by atoms with Crippen LogP contribution in [0.4, 0.5) is 0 Å². The lowest BCUT2D eigenvalue weighted by Gasteiger charge is -2.05. The molecule has 21 heavy (non-hydrogen) atoms. The van der Waals surface area contributed by atoms with E-state index in [0.29, 0.717) is 6.61 Å². The molecular formula is C18H28O3. The van der Waals surface area contributed by atoms with Crippen LogP contribution in [0.5, 0.6) is 11.5 Å². The van der Waals surface area contributed by atoms with E-state index in [9.17, 15) is 0 Å². The highest BCUT2D eigenvalue weighted by atomic mass is 16.5. The number of ether oxygens (including phenoxy) is 2. The number of hydrogen-bond acceptors (Lipinski definition) is 3. The first-order valence-electron chi connectivity index (χ1n) is 7.80. The average Bonchev–Trinajstić information content (AvgIpc) is 2.52. The van der Waals surface area contributed by atoms with Crippen LogP contribution in [0.25, 0.3) is 6.08 Å². The SMILES string of the molecule is COc1cc(/C=C/CCCCCCCCO)cc(OC)c1. The second-order valence-corrected chi connectivity index (χ2v) is 5.18. The normalized spacial score (nSPS) is 11.0. The maximum atomic E-state index is 8.69. The van der Waals surface area contributed by atoms with Crippen molar-refractivity contribution in [2.45, 2.75) is 44.9 Å². The van der Waals surface area contributed by atoms with Crippen molar-refractivity contribution in [3.63, 3.8) is 0 Å². The number of methoxy groups -OCH3 is 2. The van der Waals surface area contributed by atoms with E-state index in [1.165, 1.54) is 25.7 Å². The Kier molecular flexibility index (Phi) is 9.38. The molecule has 0 saturated carbocycles. The van der Waals surface area contributed by atoms with Gasteiger partial charge in [-0.2, -0.15) is 0 Å². The Bertz CT molecular complexity index is 391. The molecule has 1 aromatic rings. The summed E-state index contributed by atoms with van der Waals surface area (Å²) in [6.45, 7) is 0.326. The van der Waals surface area contributed by atoms with Crippen molar-refractivity contribution >= 4 is 6.08 Å². The summed E-state index contributed by atoms with van der Waals surface area (Å²) in [6, 6.07) is 5.89. The maximum Gasteiger partial charge on any atom is 0.123 e. The summed E-state index contributed by atoms with van der Waals surface area (Å²) < 4.78 is 10.5. The summed E-state index contributed by atoms with van der Waals surface area (Å²) in [6.07, 6.45) is 12.5. The van der Waals surface area contributed by atoms with Crippen LogP contribution in [0.1, 0.15) is 50.5 Å². The fourth-order valence-electron chi connectivity index (χ4n) is 2.23. The van der Waals surface area contributed by atoms with Gasteiger partial charge in [0.25, 0.3) is 0 Å². The minimum Gasteiger partial charge on any atom is -0.497 e. The summed E-state index contributed by atoms with van der Waals surface area (Å²) in [5, 5.41) is 8.69.